The number of hydrogen-bond acceptors (Lipinski definition) is 5. The molecule has 0 bridgehead atoms. The predicted octanol–water partition coefficient (Wildman–Crippen LogP) is 2.29. The summed E-state index contributed by atoms with van der Waals surface area (Å²) in [5.41, 5.74) is 7.51. The van der Waals surface area contributed by atoms with Crippen LogP contribution in [-0.2, 0) is 9.53 Å². The molecule has 1 atom stereocenters. The average molecular weight is 470 g/mol. The minimum atomic E-state index is -0.390. The number of carbonyl (C=O) groups excluding carboxylic acids is 1. The summed E-state index contributed by atoms with van der Waals surface area (Å²) in [4.78, 5) is 19.3. The Kier molecular flexibility index (Phi) is 13.9. The first-order valence-corrected chi connectivity index (χ1v) is 9.76. The van der Waals surface area contributed by atoms with Gasteiger partial charge < -0.3 is 20.3 Å². The normalized spacial score (nSPS) is 18.6. The summed E-state index contributed by atoms with van der Waals surface area (Å²) >= 11 is 0. The Balaban J connectivity index is 0.00000261. The molecule has 2 saturated heterocycles. The van der Waals surface area contributed by atoms with E-state index >= 15 is 0 Å². The second-order valence-electron chi connectivity index (χ2n) is 7.40. The maximum absolute atomic E-state index is 12.6. The number of benzene rings is 1. The number of piperazine rings is 1. The Labute approximate surface area is 193 Å². The number of para-hydroxylation sites is 1. The Morgan fingerprint density at radius 2 is 1.69 bits per heavy atom. The molecule has 2 aliphatic rings. The van der Waals surface area contributed by atoms with Crippen LogP contribution in [0.15, 0.2) is 30.3 Å². The zero-order valence-corrected chi connectivity index (χ0v) is 19.5. The van der Waals surface area contributed by atoms with Crippen molar-refractivity contribution in [3.63, 3.8) is 0 Å². The fraction of sp³-hybridized carbons (Fsp3) is 0.650. The van der Waals surface area contributed by atoms with Crippen molar-refractivity contribution in [2.24, 2.45) is 11.7 Å². The van der Waals surface area contributed by atoms with Gasteiger partial charge in [-0.2, -0.15) is 0 Å². The Morgan fingerprint density at radius 3 is 2.28 bits per heavy atom. The van der Waals surface area contributed by atoms with Crippen molar-refractivity contribution >= 4 is 48.8 Å². The van der Waals surface area contributed by atoms with Gasteiger partial charge >= 0.3 is 0 Å². The third-order valence-corrected chi connectivity index (χ3v) is 5.68. The molecule has 6 nitrogen and oxygen atoms in total. The van der Waals surface area contributed by atoms with Gasteiger partial charge in [0.25, 0.3) is 0 Å². The third-order valence-electron chi connectivity index (χ3n) is 5.68. The highest BCUT2D eigenvalue weighted by Gasteiger charge is 2.28. The van der Waals surface area contributed by atoms with E-state index in [0.29, 0.717) is 0 Å². The molecule has 2 fully saturated rings. The smallest absolute Gasteiger partial charge is 0.239 e. The topological polar surface area (TPSA) is 62.0 Å². The van der Waals surface area contributed by atoms with Crippen LogP contribution in [0.5, 0.6) is 0 Å². The number of hydrogen-bond donors (Lipinski definition) is 1. The fourth-order valence-corrected chi connectivity index (χ4v) is 3.80. The molecule has 2 aliphatic heterocycles. The first kappa shape index (κ1) is 28.2. The number of nitrogens with zero attached hydrogens (tertiary/aromatic N) is 3. The molecule has 0 radical (unpaired) electrons. The van der Waals surface area contributed by atoms with Crippen LogP contribution in [0.3, 0.4) is 0 Å². The van der Waals surface area contributed by atoms with E-state index in [2.05, 4.69) is 40.1 Å². The van der Waals surface area contributed by atoms with Gasteiger partial charge in [-0.1, -0.05) is 18.2 Å². The second-order valence-corrected chi connectivity index (χ2v) is 7.40. The first-order chi connectivity index (χ1) is 12.6. The molecule has 1 unspecified atom stereocenters. The van der Waals surface area contributed by atoms with Crippen molar-refractivity contribution in [3.05, 3.63) is 30.3 Å². The summed E-state index contributed by atoms with van der Waals surface area (Å²) in [6, 6.07) is 10.2. The maximum atomic E-state index is 12.6. The number of ether oxygens (including phenoxy) is 1. The van der Waals surface area contributed by atoms with Gasteiger partial charge in [-0.25, -0.2) is 0 Å². The molecule has 0 aromatic heterocycles. The number of rotatable bonds is 6. The van der Waals surface area contributed by atoms with Gasteiger partial charge in [0.2, 0.25) is 5.91 Å². The molecular weight excluding hydrogens is 435 g/mol. The number of halogens is 3. The number of nitrogens with two attached hydrogens (primary N) is 1. The standard InChI is InChI=1S/C20H32N4O2.3ClH/c1-22(20(25)19(21)17-7-15-26-16-8-17)9-10-23-11-13-24(14-12-23)18-5-3-2-4-6-18;;;/h2-6,17,19H,7-16,21H2,1H3;3*1H. The van der Waals surface area contributed by atoms with Gasteiger partial charge in [-0.3, -0.25) is 9.69 Å². The lowest BCUT2D eigenvalue weighted by molar-refractivity contribution is -0.133. The number of carbonyl (C=O) groups is 1. The number of amides is 1. The Hall–Kier alpha value is -0.760. The Morgan fingerprint density at radius 1 is 1.10 bits per heavy atom. The van der Waals surface area contributed by atoms with Gasteiger partial charge in [0, 0.05) is 65.2 Å². The van der Waals surface area contributed by atoms with Crippen LogP contribution < -0.4 is 10.6 Å². The second kappa shape index (κ2) is 14.3. The lowest BCUT2D eigenvalue weighted by atomic mass is 9.91. The summed E-state index contributed by atoms with van der Waals surface area (Å²) in [6.45, 7) is 7.22. The van der Waals surface area contributed by atoms with Crippen molar-refractivity contribution < 1.29 is 9.53 Å². The largest absolute Gasteiger partial charge is 0.381 e. The molecule has 29 heavy (non-hydrogen) atoms. The van der Waals surface area contributed by atoms with E-state index in [1.54, 1.807) is 0 Å². The summed E-state index contributed by atoms with van der Waals surface area (Å²) in [5.74, 6) is 0.327. The van der Waals surface area contributed by atoms with E-state index in [4.69, 9.17) is 10.5 Å². The van der Waals surface area contributed by atoms with Crippen molar-refractivity contribution in [1.29, 1.82) is 0 Å². The van der Waals surface area contributed by atoms with Gasteiger partial charge in [-0.15, -0.1) is 37.2 Å². The first-order valence-electron chi connectivity index (χ1n) is 9.76. The van der Waals surface area contributed by atoms with Crippen LogP contribution in [0.2, 0.25) is 0 Å². The summed E-state index contributed by atoms with van der Waals surface area (Å²) < 4.78 is 5.37. The Bertz CT molecular complexity index is 568. The zero-order valence-electron chi connectivity index (χ0n) is 17.1. The SMILES string of the molecule is CN(CCN1CCN(c2ccccc2)CC1)C(=O)C(N)C1CCOCC1.Cl.Cl.Cl. The van der Waals surface area contributed by atoms with Crippen LogP contribution in [-0.4, -0.2) is 81.3 Å². The highest BCUT2D eigenvalue weighted by atomic mass is 35.5. The minimum Gasteiger partial charge on any atom is -0.381 e. The van der Waals surface area contributed by atoms with Crippen LogP contribution in [0.1, 0.15) is 12.8 Å². The van der Waals surface area contributed by atoms with E-state index in [9.17, 15) is 4.79 Å². The maximum Gasteiger partial charge on any atom is 0.239 e. The average Bonchev–Trinajstić information content (AvgIpc) is 2.72. The molecule has 1 aromatic carbocycles. The molecule has 1 amide bonds. The van der Waals surface area contributed by atoms with Crippen molar-refractivity contribution in [1.82, 2.24) is 9.80 Å². The molecule has 2 heterocycles. The fourth-order valence-electron chi connectivity index (χ4n) is 3.80. The van der Waals surface area contributed by atoms with Gasteiger partial charge in [-0.05, 0) is 30.9 Å². The van der Waals surface area contributed by atoms with Gasteiger partial charge in [0.05, 0.1) is 6.04 Å². The van der Waals surface area contributed by atoms with Crippen molar-refractivity contribution in [2.45, 2.75) is 18.9 Å². The minimum absolute atomic E-state index is 0. The van der Waals surface area contributed by atoms with E-state index < -0.39 is 0 Å². The summed E-state index contributed by atoms with van der Waals surface area (Å²) in [5, 5.41) is 0. The highest BCUT2D eigenvalue weighted by Crippen LogP contribution is 2.19. The molecule has 0 spiro atoms. The van der Waals surface area contributed by atoms with E-state index in [0.717, 1.165) is 65.3 Å². The molecule has 9 heteroatoms. The molecule has 1 aromatic rings. The lowest BCUT2D eigenvalue weighted by Gasteiger charge is -2.37. The van der Waals surface area contributed by atoms with Crippen LogP contribution in [0.4, 0.5) is 5.69 Å². The van der Waals surface area contributed by atoms with E-state index in [-0.39, 0.29) is 55.1 Å². The van der Waals surface area contributed by atoms with Crippen molar-refractivity contribution in [3.8, 4) is 0 Å². The lowest BCUT2D eigenvalue weighted by Crippen LogP contribution is -2.51. The summed E-state index contributed by atoms with van der Waals surface area (Å²) in [6.07, 6.45) is 1.78. The molecular formula is C20H35Cl3N4O2. The number of anilines is 1. The van der Waals surface area contributed by atoms with Gasteiger partial charge in [0.15, 0.2) is 0 Å². The zero-order chi connectivity index (χ0) is 18.4. The molecule has 168 valence electrons. The van der Waals surface area contributed by atoms with Crippen LogP contribution in [0.25, 0.3) is 0 Å². The molecule has 2 N–H and O–H groups in total. The highest BCUT2D eigenvalue weighted by molar-refractivity contribution is 5.86. The van der Waals surface area contributed by atoms with E-state index in [1.165, 1.54) is 5.69 Å². The van der Waals surface area contributed by atoms with Crippen LogP contribution in [0, 0.1) is 5.92 Å². The van der Waals surface area contributed by atoms with Crippen molar-refractivity contribution in [2.75, 3.05) is 64.4 Å². The quantitative estimate of drug-likeness (QED) is 0.692. The van der Waals surface area contributed by atoms with Gasteiger partial charge in [0.1, 0.15) is 0 Å². The monoisotopic (exact) mass is 468 g/mol. The molecule has 3 rings (SSSR count). The number of likely N-dealkylation sites (N-methyl/N-ethyl adjacent to an activating group) is 1. The molecule has 0 aliphatic carbocycles. The van der Waals surface area contributed by atoms with E-state index in [1.807, 2.05) is 11.9 Å². The molecule has 0 saturated carbocycles. The predicted molar refractivity (Wildman–Crippen MR) is 126 cm³/mol. The summed E-state index contributed by atoms with van der Waals surface area (Å²) in [7, 11) is 1.88. The van der Waals surface area contributed by atoms with Crippen LogP contribution >= 0.6 is 37.2 Å². The third kappa shape index (κ3) is 8.12.